The van der Waals surface area contributed by atoms with Gasteiger partial charge in [-0.25, -0.2) is 18.7 Å². The van der Waals surface area contributed by atoms with Gasteiger partial charge in [-0.05, 0) is 62.6 Å². The summed E-state index contributed by atoms with van der Waals surface area (Å²) in [5.74, 6) is 0.277. The number of allylic oxidation sites excluding steroid dienone is 6. The normalized spacial score (nSPS) is 12.4. The Kier molecular flexibility index (Phi) is 13.4. The van der Waals surface area contributed by atoms with E-state index in [0.717, 1.165) is 12.5 Å². The van der Waals surface area contributed by atoms with Gasteiger partial charge in [-0.1, -0.05) is 12.7 Å². The molecule has 0 saturated carbocycles. The maximum Gasteiger partial charge on any atom is 0.207 e. The Morgan fingerprint density at radius 2 is 1.96 bits per heavy atom. The second kappa shape index (κ2) is 17.7. The minimum absolute atomic E-state index is 0.0634. The van der Waals surface area contributed by atoms with Crippen LogP contribution in [0, 0.1) is 5.82 Å². The molecule has 3 rings (SSSR count). The Labute approximate surface area is 267 Å². The summed E-state index contributed by atoms with van der Waals surface area (Å²) < 4.78 is 46.4. The number of rotatable bonds is 18. The van der Waals surface area contributed by atoms with Gasteiger partial charge in [-0.15, -0.1) is 6.58 Å². The van der Waals surface area contributed by atoms with E-state index in [0.29, 0.717) is 59.6 Å². The largest absolute Gasteiger partial charge is 0.493 e. The van der Waals surface area contributed by atoms with Crippen molar-refractivity contribution in [3.05, 3.63) is 103 Å². The van der Waals surface area contributed by atoms with Crippen LogP contribution in [0.2, 0.25) is 0 Å². The lowest BCUT2D eigenvalue weighted by molar-refractivity contribution is -0.109. The Morgan fingerprint density at radius 3 is 2.63 bits per heavy atom. The van der Waals surface area contributed by atoms with Crippen LogP contribution in [-0.4, -0.2) is 42.4 Å². The van der Waals surface area contributed by atoms with E-state index in [-0.39, 0.29) is 29.1 Å². The number of aromatic nitrogens is 2. The summed E-state index contributed by atoms with van der Waals surface area (Å²) in [6.45, 7) is 11.1. The third-order valence-electron chi connectivity index (χ3n) is 6.45. The topological polar surface area (TPSA) is 133 Å². The van der Waals surface area contributed by atoms with Crippen LogP contribution >= 0.6 is 0 Å². The lowest BCUT2D eigenvalue weighted by Gasteiger charge is -2.21. The quantitative estimate of drug-likeness (QED) is 0.0343. The molecule has 10 nitrogen and oxygen atoms in total. The number of halogens is 2. The van der Waals surface area contributed by atoms with E-state index in [2.05, 4.69) is 38.8 Å². The zero-order valence-electron chi connectivity index (χ0n) is 26.1. The molecule has 2 aromatic carbocycles. The molecule has 0 saturated heterocycles. The molecule has 4 N–H and O–H groups in total. The van der Waals surface area contributed by atoms with Gasteiger partial charge in [-0.3, -0.25) is 9.79 Å². The van der Waals surface area contributed by atoms with Gasteiger partial charge in [0.05, 0.1) is 24.0 Å². The van der Waals surface area contributed by atoms with Crippen LogP contribution in [0.4, 0.5) is 20.3 Å². The predicted molar refractivity (Wildman–Crippen MR) is 177 cm³/mol. The van der Waals surface area contributed by atoms with Crippen molar-refractivity contribution in [1.82, 2.24) is 15.3 Å². The lowest BCUT2D eigenvalue weighted by atomic mass is 10.1. The number of nitrogens with two attached hydrogens (primary N) is 1. The zero-order valence-corrected chi connectivity index (χ0v) is 26.1. The number of benzene rings is 2. The number of hydrogen-bond acceptors (Lipinski definition) is 9. The molecule has 1 atom stereocenters. The fraction of sp³-hybridized carbons (Fsp3) is 0.235. The summed E-state index contributed by atoms with van der Waals surface area (Å²) in [7, 11) is 1.53. The molecule has 0 aliphatic rings. The van der Waals surface area contributed by atoms with Crippen molar-refractivity contribution in [3.8, 4) is 17.2 Å². The highest BCUT2D eigenvalue weighted by molar-refractivity contribution is 5.93. The first-order chi connectivity index (χ1) is 22.2. The van der Waals surface area contributed by atoms with Gasteiger partial charge in [0.25, 0.3) is 0 Å². The van der Waals surface area contributed by atoms with E-state index in [9.17, 15) is 9.18 Å². The molecule has 1 aromatic heterocycles. The number of hydrogen-bond donors (Lipinski definition) is 3. The molecule has 1 heterocycles. The number of anilines is 2. The molecule has 0 aliphatic carbocycles. The van der Waals surface area contributed by atoms with Crippen molar-refractivity contribution in [3.63, 3.8) is 0 Å². The number of nitrogens with zero attached hydrogens (tertiary/aromatic N) is 3. The summed E-state index contributed by atoms with van der Waals surface area (Å²) in [6, 6.07) is 7.61. The third kappa shape index (κ3) is 10.3. The number of nitrogens with one attached hydrogen (secondary N) is 2. The van der Waals surface area contributed by atoms with Gasteiger partial charge in [-0.2, -0.15) is 0 Å². The highest BCUT2D eigenvalue weighted by Gasteiger charge is 2.17. The van der Waals surface area contributed by atoms with Crippen LogP contribution < -0.4 is 30.6 Å². The minimum Gasteiger partial charge on any atom is -0.493 e. The zero-order chi connectivity index (χ0) is 33.5. The molecule has 0 bridgehead atoms. The van der Waals surface area contributed by atoms with Gasteiger partial charge in [0.1, 0.15) is 35.6 Å². The maximum absolute atomic E-state index is 15.2. The number of fused-ring (bicyclic) bond motifs is 1. The van der Waals surface area contributed by atoms with Crippen molar-refractivity contribution in [2.45, 2.75) is 39.2 Å². The number of carbonyl (C=O) groups excluding carboxylic acids is 1. The maximum atomic E-state index is 15.2. The highest BCUT2D eigenvalue weighted by Crippen LogP contribution is 2.36. The molecule has 12 heteroatoms. The Hall–Kier alpha value is -5.52. The van der Waals surface area contributed by atoms with Crippen LogP contribution in [0.3, 0.4) is 0 Å². The molecule has 0 fully saturated rings. The fourth-order valence-corrected chi connectivity index (χ4v) is 4.04. The number of aliphatic imine (C=N–C) groups is 1. The first-order valence-electron chi connectivity index (χ1n) is 14.4. The molecule has 0 aliphatic heterocycles. The second-order valence-electron chi connectivity index (χ2n) is 10.0. The molecule has 46 heavy (non-hydrogen) atoms. The molecule has 0 radical (unpaired) electrons. The van der Waals surface area contributed by atoms with Gasteiger partial charge in [0.2, 0.25) is 6.41 Å². The summed E-state index contributed by atoms with van der Waals surface area (Å²) in [6.07, 6.45) is 10.8. The van der Waals surface area contributed by atoms with Crippen molar-refractivity contribution in [2.75, 3.05) is 19.0 Å². The van der Waals surface area contributed by atoms with Crippen LogP contribution in [-0.2, 0) is 4.79 Å². The Morgan fingerprint density at radius 1 is 1.15 bits per heavy atom. The standard InChI is InChI=1S/C34H38F2N6O4/c1-6-8-9-24(12-14-38-21-43)45-32-18-26-30(19-31(32)44-5)40-20-41-34(26)42-29-11-10-25(17-28(29)36)46-33(37)13-15-39-23(7-2)16-27(35)22(3)4/h6-7,10-11,13,15-21,24H,1-2,8-9,12,14,37H2,3-5H3,(H,38,43)(H,40,41,42)/b23-16+,33-13?,39-15?. The van der Waals surface area contributed by atoms with Gasteiger partial charge in [0, 0.05) is 42.8 Å². The summed E-state index contributed by atoms with van der Waals surface area (Å²) in [5.41, 5.74) is 7.37. The smallest absolute Gasteiger partial charge is 0.207 e. The van der Waals surface area contributed by atoms with Crippen LogP contribution in [0.15, 0.2) is 102 Å². The summed E-state index contributed by atoms with van der Waals surface area (Å²) >= 11 is 0. The molecular weight excluding hydrogens is 594 g/mol. The molecule has 1 unspecified atom stereocenters. The monoisotopic (exact) mass is 632 g/mol. The van der Waals surface area contributed by atoms with Crippen molar-refractivity contribution >= 4 is 35.0 Å². The Balaban J connectivity index is 1.81. The van der Waals surface area contributed by atoms with Gasteiger partial charge >= 0.3 is 0 Å². The third-order valence-corrected chi connectivity index (χ3v) is 6.45. The fourth-order valence-electron chi connectivity index (χ4n) is 4.04. The lowest BCUT2D eigenvalue weighted by Crippen LogP contribution is -2.24. The first-order valence-corrected chi connectivity index (χ1v) is 14.4. The van der Waals surface area contributed by atoms with E-state index in [1.807, 2.05) is 0 Å². The van der Waals surface area contributed by atoms with Gasteiger partial charge < -0.3 is 30.6 Å². The molecule has 242 valence electrons. The molecule has 1 amide bonds. The van der Waals surface area contributed by atoms with E-state index in [4.69, 9.17) is 19.9 Å². The molecule has 3 aromatic rings. The Bertz CT molecular complexity index is 1660. The number of methoxy groups -OCH3 is 1. The van der Waals surface area contributed by atoms with Crippen molar-refractivity contribution < 1.29 is 27.8 Å². The van der Waals surface area contributed by atoms with Crippen LogP contribution in [0.1, 0.15) is 33.1 Å². The van der Waals surface area contributed by atoms with Crippen LogP contribution in [0.5, 0.6) is 17.2 Å². The number of carbonyl (C=O) groups is 1. The van der Waals surface area contributed by atoms with E-state index < -0.39 is 11.6 Å². The van der Waals surface area contributed by atoms with Gasteiger partial charge in [0.15, 0.2) is 17.4 Å². The number of amides is 1. The van der Waals surface area contributed by atoms with Crippen LogP contribution in [0.25, 0.3) is 10.9 Å². The molecular formula is C34H38F2N6O4. The molecule has 0 spiro atoms. The first kappa shape index (κ1) is 35.0. The highest BCUT2D eigenvalue weighted by atomic mass is 19.1. The predicted octanol–water partition coefficient (Wildman–Crippen LogP) is 6.95. The average Bonchev–Trinajstić information content (AvgIpc) is 3.04. The minimum atomic E-state index is -0.628. The number of ether oxygens (including phenoxy) is 3. The van der Waals surface area contributed by atoms with E-state index in [1.54, 1.807) is 32.1 Å². The van der Waals surface area contributed by atoms with Crippen molar-refractivity contribution in [2.24, 2.45) is 10.7 Å². The second-order valence-corrected chi connectivity index (χ2v) is 10.0. The summed E-state index contributed by atoms with van der Waals surface area (Å²) in [4.78, 5) is 23.5. The average molecular weight is 633 g/mol. The van der Waals surface area contributed by atoms with E-state index >= 15 is 4.39 Å². The summed E-state index contributed by atoms with van der Waals surface area (Å²) in [5, 5.41) is 6.23. The SMILES string of the molecule is C=CCCC(CCNC=O)Oc1cc2c(Nc3ccc(OC(N)=CC=N/C(C=C)=C/C(F)=C(C)C)cc3F)ncnc2cc1OC. The van der Waals surface area contributed by atoms with Crippen molar-refractivity contribution in [1.29, 1.82) is 0 Å². The van der Waals surface area contributed by atoms with E-state index in [1.165, 1.54) is 50.0 Å².